The van der Waals surface area contributed by atoms with E-state index in [1.165, 1.54) is 36.9 Å². The quantitative estimate of drug-likeness (QED) is 0.817. The van der Waals surface area contributed by atoms with Crippen LogP contribution in [0, 0.1) is 0 Å². The molecule has 0 amide bonds. The van der Waals surface area contributed by atoms with Crippen molar-refractivity contribution in [1.29, 1.82) is 0 Å². The molecule has 19 heavy (non-hydrogen) atoms. The summed E-state index contributed by atoms with van der Waals surface area (Å²) in [6.45, 7) is 6.93. The summed E-state index contributed by atoms with van der Waals surface area (Å²) in [7, 11) is 1.77. The predicted octanol–water partition coefficient (Wildman–Crippen LogP) is 3.71. The van der Waals surface area contributed by atoms with Gasteiger partial charge in [0.05, 0.1) is 7.11 Å². The fourth-order valence-electron chi connectivity index (χ4n) is 3.14. The highest BCUT2D eigenvalue weighted by molar-refractivity contribution is 5.85. The number of methoxy groups -OCH3 is 1. The second kappa shape index (κ2) is 7.76. The number of hydrogen-bond donors (Lipinski definition) is 0. The lowest BCUT2D eigenvalue weighted by atomic mass is 9.87. The summed E-state index contributed by atoms with van der Waals surface area (Å²) in [5.41, 5.74) is 2.92. The smallest absolute Gasteiger partial charge is 0.122 e. The molecular formula is C16H26ClNO. The Morgan fingerprint density at radius 3 is 2.74 bits per heavy atom. The van der Waals surface area contributed by atoms with Gasteiger partial charge in [-0.05, 0) is 56.0 Å². The Labute approximate surface area is 123 Å². The first-order chi connectivity index (χ1) is 8.80. The third kappa shape index (κ3) is 3.64. The van der Waals surface area contributed by atoms with Gasteiger partial charge in [0.25, 0.3) is 0 Å². The maximum absolute atomic E-state index is 5.47. The van der Waals surface area contributed by atoms with Gasteiger partial charge < -0.3 is 9.64 Å². The minimum absolute atomic E-state index is 0. The van der Waals surface area contributed by atoms with E-state index in [0.29, 0.717) is 0 Å². The van der Waals surface area contributed by atoms with Crippen LogP contribution in [0.25, 0.3) is 0 Å². The number of hydrogen-bond acceptors (Lipinski definition) is 2. The van der Waals surface area contributed by atoms with Crippen LogP contribution < -0.4 is 4.74 Å². The third-order valence-electron chi connectivity index (χ3n) is 4.07. The van der Waals surface area contributed by atoms with E-state index >= 15 is 0 Å². The molecule has 1 unspecified atom stereocenters. The van der Waals surface area contributed by atoms with E-state index in [9.17, 15) is 0 Å². The van der Waals surface area contributed by atoms with E-state index in [1.54, 1.807) is 7.11 Å². The average molecular weight is 284 g/mol. The van der Waals surface area contributed by atoms with Gasteiger partial charge in [0.2, 0.25) is 0 Å². The topological polar surface area (TPSA) is 12.5 Å². The number of ether oxygens (including phenoxy) is 1. The minimum atomic E-state index is 0. The summed E-state index contributed by atoms with van der Waals surface area (Å²) >= 11 is 0. The monoisotopic (exact) mass is 283 g/mol. The van der Waals surface area contributed by atoms with Crippen LogP contribution in [-0.2, 0) is 12.8 Å². The van der Waals surface area contributed by atoms with E-state index in [4.69, 9.17) is 4.74 Å². The van der Waals surface area contributed by atoms with Crippen molar-refractivity contribution in [3.05, 3.63) is 29.3 Å². The maximum atomic E-state index is 5.47. The Morgan fingerprint density at radius 1 is 1.32 bits per heavy atom. The van der Waals surface area contributed by atoms with Gasteiger partial charge in [0, 0.05) is 6.04 Å². The molecule has 1 aliphatic carbocycles. The van der Waals surface area contributed by atoms with E-state index in [1.807, 2.05) is 0 Å². The van der Waals surface area contributed by atoms with Crippen molar-refractivity contribution < 1.29 is 4.74 Å². The first-order valence-corrected chi connectivity index (χ1v) is 7.18. The van der Waals surface area contributed by atoms with Crippen molar-refractivity contribution in [3.63, 3.8) is 0 Å². The molecule has 0 radical (unpaired) electrons. The summed E-state index contributed by atoms with van der Waals surface area (Å²) < 4.78 is 5.47. The molecule has 0 N–H and O–H groups in total. The minimum Gasteiger partial charge on any atom is -0.496 e. The molecule has 3 heteroatoms. The first-order valence-electron chi connectivity index (χ1n) is 7.18. The number of fused-ring (bicyclic) bond motifs is 1. The summed E-state index contributed by atoms with van der Waals surface area (Å²) in [6, 6.07) is 7.19. The summed E-state index contributed by atoms with van der Waals surface area (Å²) in [6.07, 6.45) is 4.85. The summed E-state index contributed by atoms with van der Waals surface area (Å²) in [5, 5.41) is 0. The van der Waals surface area contributed by atoms with Gasteiger partial charge >= 0.3 is 0 Å². The van der Waals surface area contributed by atoms with Crippen LogP contribution in [0.5, 0.6) is 5.75 Å². The van der Waals surface area contributed by atoms with Gasteiger partial charge in [0.15, 0.2) is 0 Å². The molecule has 1 aliphatic rings. The van der Waals surface area contributed by atoms with Crippen molar-refractivity contribution >= 4 is 12.4 Å². The maximum Gasteiger partial charge on any atom is 0.122 e. The second-order valence-electron chi connectivity index (χ2n) is 5.12. The lowest BCUT2D eigenvalue weighted by molar-refractivity contribution is 0.188. The van der Waals surface area contributed by atoms with Crippen LogP contribution in [0.2, 0.25) is 0 Å². The summed E-state index contributed by atoms with van der Waals surface area (Å²) in [5.74, 6) is 1.07. The number of halogens is 1. The van der Waals surface area contributed by atoms with Crippen LogP contribution >= 0.6 is 12.4 Å². The van der Waals surface area contributed by atoms with Gasteiger partial charge in [-0.25, -0.2) is 0 Å². The molecule has 1 aromatic carbocycles. The molecule has 0 aliphatic heterocycles. The summed E-state index contributed by atoms with van der Waals surface area (Å²) in [4.78, 5) is 2.63. The standard InChI is InChI=1S/C16H25NO.ClH/c1-4-11-17(5-2)14-9-10-15-13(12-14)7-6-8-16(15)18-3;/h6-8,14H,4-5,9-12H2,1-3H3;1H. The Kier molecular flexibility index (Phi) is 6.67. The number of nitrogens with zero attached hydrogens (tertiary/aromatic N) is 1. The highest BCUT2D eigenvalue weighted by Crippen LogP contribution is 2.31. The normalized spacial score (nSPS) is 17.8. The largest absolute Gasteiger partial charge is 0.496 e. The first kappa shape index (κ1) is 16.3. The molecule has 0 aromatic heterocycles. The van der Waals surface area contributed by atoms with E-state index in [0.717, 1.165) is 24.8 Å². The average Bonchev–Trinajstić information content (AvgIpc) is 2.43. The van der Waals surface area contributed by atoms with Crippen molar-refractivity contribution in [2.24, 2.45) is 0 Å². The van der Waals surface area contributed by atoms with E-state index in [-0.39, 0.29) is 12.4 Å². The lowest BCUT2D eigenvalue weighted by Gasteiger charge is -2.34. The lowest BCUT2D eigenvalue weighted by Crippen LogP contribution is -2.39. The molecule has 0 fully saturated rings. The zero-order valence-electron chi connectivity index (χ0n) is 12.3. The van der Waals surface area contributed by atoms with Crippen LogP contribution in [0.3, 0.4) is 0 Å². The Hall–Kier alpha value is -0.730. The molecule has 1 aromatic rings. The van der Waals surface area contributed by atoms with Crippen LogP contribution in [-0.4, -0.2) is 31.1 Å². The van der Waals surface area contributed by atoms with Crippen molar-refractivity contribution in [2.75, 3.05) is 20.2 Å². The van der Waals surface area contributed by atoms with Gasteiger partial charge in [-0.1, -0.05) is 26.0 Å². The molecule has 0 heterocycles. The van der Waals surface area contributed by atoms with Gasteiger partial charge in [-0.3, -0.25) is 0 Å². The molecule has 108 valence electrons. The number of benzene rings is 1. The van der Waals surface area contributed by atoms with Crippen LogP contribution in [0.4, 0.5) is 0 Å². The number of rotatable bonds is 5. The fraction of sp³-hybridized carbons (Fsp3) is 0.625. The zero-order valence-corrected chi connectivity index (χ0v) is 13.1. The molecule has 0 spiro atoms. The van der Waals surface area contributed by atoms with E-state index < -0.39 is 0 Å². The molecule has 0 saturated carbocycles. The Balaban J connectivity index is 0.00000180. The molecule has 0 bridgehead atoms. The molecule has 1 atom stereocenters. The molecule has 2 nitrogen and oxygen atoms in total. The molecule has 2 rings (SSSR count). The number of likely N-dealkylation sites (N-methyl/N-ethyl adjacent to an activating group) is 1. The van der Waals surface area contributed by atoms with Crippen LogP contribution in [0.1, 0.15) is 37.8 Å². The van der Waals surface area contributed by atoms with Crippen LogP contribution in [0.15, 0.2) is 18.2 Å². The van der Waals surface area contributed by atoms with Crippen molar-refractivity contribution in [3.8, 4) is 5.75 Å². The van der Waals surface area contributed by atoms with Gasteiger partial charge in [-0.2, -0.15) is 0 Å². The van der Waals surface area contributed by atoms with Gasteiger partial charge in [0.1, 0.15) is 5.75 Å². The Bertz CT molecular complexity index is 394. The highest BCUT2D eigenvalue weighted by Gasteiger charge is 2.24. The third-order valence-corrected chi connectivity index (χ3v) is 4.07. The van der Waals surface area contributed by atoms with Crippen molar-refractivity contribution in [2.45, 2.75) is 45.6 Å². The Morgan fingerprint density at radius 2 is 2.11 bits per heavy atom. The SMILES string of the molecule is CCCN(CC)C1CCc2c(cccc2OC)C1.Cl. The van der Waals surface area contributed by atoms with E-state index in [2.05, 4.69) is 36.9 Å². The highest BCUT2D eigenvalue weighted by atomic mass is 35.5. The fourth-order valence-corrected chi connectivity index (χ4v) is 3.14. The molecule has 0 saturated heterocycles. The molecular weight excluding hydrogens is 258 g/mol. The second-order valence-corrected chi connectivity index (χ2v) is 5.12. The van der Waals surface area contributed by atoms with Gasteiger partial charge in [-0.15, -0.1) is 12.4 Å². The zero-order chi connectivity index (χ0) is 13.0. The predicted molar refractivity (Wildman–Crippen MR) is 83.6 cm³/mol. The van der Waals surface area contributed by atoms with Crippen molar-refractivity contribution in [1.82, 2.24) is 4.90 Å².